The summed E-state index contributed by atoms with van der Waals surface area (Å²) in [7, 11) is 0. The fraction of sp³-hybridized carbons (Fsp3) is 0.267. The van der Waals surface area contributed by atoms with Crippen LogP contribution in [0.4, 0.5) is 5.82 Å². The third-order valence-electron chi connectivity index (χ3n) is 3.47. The largest absolute Gasteiger partial charge is 0.478 e. The smallest absolute Gasteiger partial charge is 0.337 e. The van der Waals surface area contributed by atoms with Gasteiger partial charge in [0.05, 0.1) is 10.4 Å². The molecule has 5 nitrogen and oxygen atoms in total. The molecule has 2 aromatic heterocycles. The van der Waals surface area contributed by atoms with Crippen molar-refractivity contribution in [3.05, 3.63) is 45.3 Å². The molecule has 6 heteroatoms. The SMILES string of the molecule is O=C(O)c1ccc(NC(=O)c2cc3c(s2)CCCC3)nc1. The second kappa shape index (κ2) is 5.65. The van der Waals surface area contributed by atoms with Gasteiger partial charge in [-0.25, -0.2) is 9.78 Å². The van der Waals surface area contributed by atoms with E-state index < -0.39 is 5.97 Å². The highest BCUT2D eigenvalue weighted by atomic mass is 32.1. The molecule has 0 fully saturated rings. The van der Waals surface area contributed by atoms with Crippen molar-refractivity contribution in [2.45, 2.75) is 25.7 Å². The number of aryl methyl sites for hydroxylation is 2. The van der Waals surface area contributed by atoms with Crippen LogP contribution < -0.4 is 5.32 Å². The number of amides is 1. The van der Waals surface area contributed by atoms with E-state index in [1.807, 2.05) is 6.07 Å². The van der Waals surface area contributed by atoms with Crippen LogP contribution in [-0.2, 0) is 12.8 Å². The van der Waals surface area contributed by atoms with Gasteiger partial charge in [-0.1, -0.05) is 0 Å². The number of aromatic carboxylic acids is 1. The minimum absolute atomic E-state index is 0.0968. The standard InChI is InChI=1S/C15H14N2O3S/c18-14(12-7-9-3-1-2-4-11(9)21-12)17-13-6-5-10(8-16-13)15(19)20/h5-8H,1-4H2,(H,19,20)(H,16,17,18). The van der Waals surface area contributed by atoms with E-state index in [0.29, 0.717) is 10.7 Å². The molecule has 0 aromatic carbocycles. The van der Waals surface area contributed by atoms with Crippen molar-refractivity contribution in [1.82, 2.24) is 4.98 Å². The molecule has 21 heavy (non-hydrogen) atoms. The molecule has 0 bridgehead atoms. The topological polar surface area (TPSA) is 79.3 Å². The number of carboxylic acids is 1. The molecule has 0 saturated carbocycles. The molecule has 0 radical (unpaired) electrons. The number of anilines is 1. The summed E-state index contributed by atoms with van der Waals surface area (Å²) in [6, 6.07) is 4.87. The van der Waals surface area contributed by atoms with Gasteiger partial charge < -0.3 is 10.4 Å². The van der Waals surface area contributed by atoms with E-state index in [0.717, 1.165) is 12.8 Å². The summed E-state index contributed by atoms with van der Waals surface area (Å²) < 4.78 is 0. The lowest BCUT2D eigenvalue weighted by molar-refractivity contribution is 0.0696. The monoisotopic (exact) mass is 302 g/mol. The number of nitrogens with zero attached hydrogens (tertiary/aromatic N) is 1. The first-order valence-corrected chi connectivity index (χ1v) is 7.57. The average Bonchev–Trinajstić information content (AvgIpc) is 2.92. The first-order chi connectivity index (χ1) is 10.1. The van der Waals surface area contributed by atoms with Gasteiger partial charge in [0.1, 0.15) is 5.82 Å². The van der Waals surface area contributed by atoms with Gasteiger partial charge in [-0.15, -0.1) is 11.3 Å². The zero-order valence-electron chi connectivity index (χ0n) is 11.3. The van der Waals surface area contributed by atoms with Crippen molar-refractivity contribution in [2.75, 3.05) is 5.32 Å². The lowest BCUT2D eigenvalue weighted by atomic mass is 9.99. The quantitative estimate of drug-likeness (QED) is 0.913. The lowest BCUT2D eigenvalue weighted by Crippen LogP contribution is -2.11. The van der Waals surface area contributed by atoms with Crippen molar-refractivity contribution >= 4 is 29.0 Å². The van der Waals surface area contributed by atoms with Gasteiger partial charge in [0.15, 0.2) is 0 Å². The third-order valence-corrected chi connectivity index (χ3v) is 4.71. The summed E-state index contributed by atoms with van der Waals surface area (Å²) in [4.78, 5) is 28.9. The maximum atomic E-state index is 12.2. The van der Waals surface area contributed by atoms with Crippen LogP contribution in [0.25, 0.3) is 0 Å². The number of fused-ring (bicyclic) bond motifs is 1. The van der Waals surface area contributed by atoms with Gasteiger partial charge in [-0.3, -0.25) is 4.79 Å². The van der Waals surface area contributed by atoms with Gasteiger partial charge in [-0.2, -0.15) is 0 Å². The first kappa shape index (κ1) is 13.8. The van der Waals surface area contributed by atoms with Crippen molar-refractivity contribution < 1.29 is 14.7 Å². The lowest BCUT2D eigenvalue weighted by Gasteiger charge is -2.08. The van der Waals surface area contributed by atoms with Crippen LogP contribution in [0, 0.1) is 0 Å². The number of aromatic nitrogens is 1. The number of hydrogen-bond donors (Lipinski definition) is 2. The number of carbonyl (C=O) groups is 2. The summed E-state index contributed by atoms with van der Waals surface area (Å²) in [6.07, 6.45) is 5.71. The fourth-order valence-electron chi connectivity index (χ4n) is 2.37. The van der Waals surface area contributed by atoms with Crippen LogP contribution in [0.2, 0.25) is 0 Å². The number of carboxylic acid groups (broad SMARTS) is 1. The predicted octanol–water partition coefficient (Wildman–Crippen LogP) is 2.97. The van der Waals surface area contributed by atoms with Gasteiger partial charge in [0.2, 0.25) is 0 Å². The van der Waals surface area contributed by atoms with Gasteiger partial charge >= 0.3 is 5.97 Å². The van der Waals surface area contributed by atoms with E-state index in [2.05, 4.69) is 10.3 Å². The van der Waals surface area contributed by atoms with Gasteiger partial charge in [0, 0.05) is 11.1 Å². The van der Waals surface area contributed by atoms with Gasteiger partial charge in [0.25, 0.3) is 5.91 Å². The van der Waals surface area contributed by atoms with Crippen LogP contribution >= 0.6 is 11.3 Å². The maximum absolute atomic E-state index is 12.2. The Kier molecular flexibility index (Phi) is 3.70. The molecule has 2 heterocycles. The molecule has 0 spiro atoms. The number of hydrogen-bond acceptors (Lipinski definition) is 4. The van der Waals surface area contributed by atoms with E-state index >= 15 is 0 Å². The molecule has 2 N–H and O–H groups in total. The highest BCUT2D eigenvalue weighted by Gasteiger charge is 2.17. The zero-order valence-corrected chi connectivity index (χ0v) is 12.1. The predicted molar refractivity (Wildman–Crippen MR) is 80.1 cm³/mol. The summed E-state index contributed by atoms with van der Waals surface area (Å²) in [5.74, 6) is -0.868. The second-order valence-corrected chi connectivity index (χ2v) is 6.09. The molecule has 0 aliphatic heterocycles. The molecule has 1 aliphatic carbocycles. The molecule has 1 aliphatic rings. The third kappa shape index (κ3) is 2.95. The minimum Gasteiger partial charge on any atom is -0.478 e. The van der Waals surface area contributed by atoms with Crippen molar-refractivity contribution in [1.29, 1.82) is 0 Å². The van der Waals surface area contributed by atoms with Crippen LogP contribution in [-0.4, -0.2) is 22.0 Å². The average molecular weight is 302 g/mol. The van der Waals surface area contributed by atoms with Crippen molar-refractivity contribution in [3.63, 3.8) is 0 Å². The fourth-order valence-corrected chi connectivity index (χ4v) is 3.52. The van der Waals surface area contributed by atoms with E-state index in [9.17, 15) is 9.59 Å². The highest BCUT2D eigenvalue weighted by molar-refractivity contribution is 7.14. The Bertz CT molecular complexity index is 668. The Morgan fingerprint density at radius 2 is 2.05 bits per heavy atom. The number of carbonyl (C=O) groups excluding carboxylic acids is 1. The first-order valence-electron chi connectivity index (χ1n) is 6.76. The Morgan fingerprint density at radius 1 is 1.24 bits per heavy atom. The number of rotatable bonds is 3. The Balaban J connectivity index is 1.73. The van der Waals surface area contributed by atoms with E-state index in [4.69, 9.17) is 5.11 Å². The number of nitrogens with one attached hydrogen (secondary N) is 1. The second-order valence-electron chi connectivity index (χ2n) is 4.96. The number of pyridine rings is 1. The molecule has 1 amide bonds. The Morgan fingerprint density at radius 3 is 2.71 bits per heavy atom. The Hall–Kier alpha value is -2.21. The molecule has 0 atom stereocenters. The highest BCUT2D eigenvalue weighted by Crippen LogP contribution is 2.29. The Labute approximate surface area is 125 Å². The van der Waals surface area contributed by atoms with Crippen LogP contribution in [0.1, 0.15) is 43.3 Å². The number of thiophene rings is 1. The summed E-state index contributed by atoms with van der Waals surface area (Å²) in [5.41, 5.74) is 1.38. The molecular formula is C15H14N2O3S. The molecule has 0 unspecified atom stereocenters. The van der Waals surface area contributed by atoms with Crippen molar-refractivity contribution in [2.24, 2.45) is 0 Å². The van der Waals surface area contributed by atoms with Crippen LogP contribution in [0.3, 0.4) is 0 Å². The summed E-state index contributed by atoms with van der Waals surface area (Å²) in [6.45, 7) is 0. The maximum Gasteiger partial charge on any atom is 0.337 e. The van der Waals surface area contributed by atoms with Crippen molar-refractivity contribution in [3.8, 4) is 0 Å². The van der Waals surface area contributed by atoms with Gasteiger partial charge in [-0.05, 0) is 49.4 Å². The van der Waals surface area contributed by atoms with Crippen LogP contribution in [0.5, 0.6) is 0 Å². The molecule has 2 aromatic rings. The molecule has 0 saturated heterocycles. The van der Waals surface area contributed by atoms with E-state index in [1.54, 1.807) is 0 Å². The zero-order chi connectivity index (χ0) is 14.8. The normalized spacial score (nSPS) is 13.5. The van der Waals surface area contributed by atoms with E-state index in [-0.39, 0.29) is 11.5 Å². The molecular weight excluding hydrogens is 288 g/mol. The van der Waals surface area contributed by atoms with E-state index in [1.165, 1.54) is 52.9 Å². The summed E-state index contributed by atoms with van der Waals surface area (Å²) in [5, 5.41) is 11.5. The summed E-state index contributed by atoms with van der Waals surface area (Å²) >= 11 is 1.54. The molecule has 3 rings (SSSR count). The molecule has 108 valence electrons. The minimum atomic E-state index is -1.04. The van der Waals surface area contributed by atoms with Crippen LogP contribution in [0.15, 0.2) is 24.4 Å².